The van der Waals surface area contributed by atoms with E-state index in [1.54, 1.807) is 12.1 Å². The summed E-state index contributed by atoms with van der Waals surface area (Å²) in [6, 6.07) is 13.8. The molecule has 10 heteroatoms. The average Bonchev–Trinajstić information content (AvgIpc) is 3.57. The summed E-state index contributed by atoms with van der Waals surface area (Å²) in [4.78, 5) is 30.0. The van der Waals surface area contributed by atoms with E-state index in [1.165, 1.54) is 24.2 Å². The lowest BCUT2D eigenvalue weighted by molar-refractivity contribution is -0.117. The van der Waals surface area contributed by atoms with Crippen molar-refractivity contribution in [2.24, 2.45) is 5.73 Å². The highest BCUT2D eigenvalue weighted by atomic mass is 79.9. The summed E-state index contributed by atoms with van der Waals surface area (Å²) in [5.41, 5.74) is 7.86. The van der Waals surface area contributed by atoms with Gasteiger partial charge in [-0.05, 0) is 40.9 Å². The van der Waals surface area contributed by atoms with Crippen molar-refractivity contribution < 1.29 is 9.59 Å². The lowest BCUT2D eigenvalue weighted by Crippen LogP contribution is -2.49. The summed E-state index contributed by atoms with van der Waals surface area (Å²) >= 11 is 4.88. The number of benzene rings is 2. The molecule has 2 amide bonds. The number of nitrogens with two attached hydrogens (primary N) is 1. The molecule has 0 unspecified atom stereocenters. The highest BCUT2D eigenvalue weighted by Crippen LogP contribution is 2.40. The monoisotopic (exact) mass is 540 g/mol. The number of amides is 2. The highest BCUT2D eigenvalue weighted by molar-refractivity contribution is 9.10. The van der Waals surface area contributed by atoms with Gasteiger partial charge in [-0.25, -0.2) is 0 Å². The van der Waals surface area contributed by atoms with Gasteiger partial charge >= 0.3 is 0 Å². The first-order valence-corrected chi connectivity index (χ1v) is 12.9. The second kappa shape index (κ2) is 9.91. The predicted octanol–water partition coefficient (Wildman–Crippen LogP) is 3.45. The summed E-state index contributed by atoms with van der Waals surface area (Å²) in [5, 5.41) is 12.9. The third-order valence-electron chi connectivity index (χ3n) is 6.18. The van der Waals surface area contributed by atoms with Gasteiger partial charge in [-0.3, -0.25) is 19.4 Å². The first kappa shape index (κ1) is 23.1. The number of nitrogens with one attached hydrogen (secondary N) is 1. The molecular formula is C24H25BrN6O2S. The van der Waals surface area contributed by atoms with Gasteiger partial charge in [-0.2, -0.15) is 0 Å². The van der Waals surface area contributed by atoms with Crippen LogP contribution in [0.1, 0.15) is 23.2 Å². The molecule has 2 aromatic carbocycles. The Morgan fingerprint density at radius 1 is 1.03 bits per heavy atom. The molecule has 0 bridgehead atoms. The Kier molecular flexibility index (Phi) is 6.73. The number of carbonyl (C=O) groups excluding carboxylic acids is 2. The van der Waals surface area contributed by atoms with Gasteiger partial charge in [0.2, 0.25) is 11.8 Å². The number of rotatable bonds is 7. The fourth-order valence-corrected chi connectivity index (χ4v) is 5.60. The molecule has 0 spiro atoms. The molecule has 3 N–H and O–H groups in total. The zero-order valence-electron chi connectivity index (χ0n) is 18.5. The summed E-state index contributed by atoms with van der Waals surface area (Å²) in [7, 11) is 0. The predicted molar refractivity (Wildman–Crippen MR) is 137 cm³/mol. The van der Waals surface area contributed by atoms with Crippen molar-refractivity contribution in [3.05, 3.63) is 52.5 Å². The van der Waals surface area contributed by atoms with Crippen molar-refractivity contribution in [2.45, 2.75) is 18.9 Å². The zero-order chi connectivity index (χ0) is 23.7. The molecule has 2 heterocycles. The Hall–Kier alpha value is -2.66. The quantitative estimate of drug-likeness (QED) is 0.475. The molecule has 0 atom stereocenters. The van der Waals surface area contributed by atoms with Gasteiger partial charge in [0.15, 0.2) is 5.01 Å². The molecule has 1 saturated carbocycles. The summed E-state index contributed by atoms with van der Waals surface area (Å²) in [6.45, 7) is 4.02. The Bertz CT molecular complexity index is 1210. The Morgan fingerprint density at radius 3 is 2.41 bits per heavy atom. The van der Waals surface area contributed by atoms with E-state index < -0.39 is 5.91 Å². The molecule has 2 aliphatic rings. The van der Waals surface area contributed by atoms with E-state index in [-0.39, 0.29) is 18.0 Å². The number of hydrogen-bond donors (Lipinski definition) is 2. The molecular weight excluding hydrogens is 516 g/mol. The minimum atomic E-state index is -0.592. The first-order valence-electron chi connectivity index (χ1n) is 11.3. The van der Waals surface area contributed by atoms with E-state index in [0.717, 1.165) is 42.8 Å². The minimum Gasteiger partial charge on any atom is -0.366 e. The van der Waals surface area contributed by atoms with Crippen LogP contribution in [-0.4, -0.2) is 70.6 Å². The number of primary amides is 1. The van der Waals surface area contributed by atoms with E-state index in [4.69, 9.17) is 5.73 Å². The lowest BCUT2D eigenvalue weighted by atomic mass is 10.0. The Balaban J connectivity index is 1.39. The fraction of sp³-hybridized carbons (Fsp3) is 0.333. The van der Waals surface area contributed by atoms with Crippen molar-refractivity contribution in [1.82, 2.24) is 20.0 Å². The third-order valence-corrected chi connectivity index (χ3v) is 7.83. The van der Waals surface area contributed by atoms with Crippen LogP contribution in [-0.2, 0) is 4.79 Å². The van der Waals surface area contributed by atoms with E-state index in [0.29, 0.717) is 20.7 Å². The third kappa shape index (κ3) is 5.05. The Morgan fingerprint density at radius 2 is 1.74 bits per heavy atom. The van der Waals surface area contributed by atoms with Crippen molar-refractivity contribution >= 4 is 44.8 Å². The van der Waals surface area contributed by atoms with Crippen LogP contribution < -0.4 is 11.1 Å². The molecule has 1 aromatic heterocycles. The maximum absolute atomic E-state index is 13.0. The first-order chi connectivity index (χ1) is 16.5. The maximum atomic E-state index is 13.0. The highest BCUT2D eigenvalue weighted by Gasteiger charge is 2.31. The van der Waals surface area contributed by atoms with Crippen LogP contribution in [0.4, 0.5) is 5.69 Å². The molecule has 34 heavy (non-hydrogen) atoms. The number of halogens is 1. The molecule has 2 fully saturated rings. The second-order valence-electron chi connectivity index (χ2n) is 8.58. The number of hydrogen-bond acceptors (Lipinski definition) is 7. The van der Waals surface area contributed by atoms with Crippen LogP contribution in [0, 0.1) is 0 Å². The van der Waals surface area contributed by atoms with Gasteiger partial charge in [-0.1, -0.05) is 41.7 Å². The SMILES string of the molecule is NC(=O)c1ccc(Br)c(NC(=O)CN2CCN(C3CC3)CC2)c1-c1nnc(-c2ccccc2)s1. The number of nitrogens with zero attached hydrogens (tertiary/aromatic N) is 4. The lowest BCUT2D eigenvalue weighted by Gasteiger charge is -2.34. The van der Waals surface area contributed by atoms with E-state index >= 15 is 0 Å². The van der Waals surface area contributed by atoms with Gasteiger partial charge in [0.1, 0.15) is 5.01 Å². The minimum absolute atomic E-state index is 0.142. The van der Waals surface area contributed by atoms with E-state index in [2.05, 4.69) is 41.2 Å². The van der Waals surface area contributed by atoms with Gasteiger partial charge in [0.05, 0.1) is 17.8 Å². The van der Waals surface area contributed by atoms with Crippen LogP contribution >= 0.6 is 27.3 Å². The number of anilines is 1. The maximum Gasteiger partial charge on any atom is 0.249 e. The summed E-state index contributed by atoms with van der Waals surface area (Å²) in [6.07, 6.45) is 2.59. The van der Waals surface area contributed by atoms with Crippen LogP contribution in [0.3, 0.4) is 0 Å². The van der Waals surface area contributed by atoms with Crippen LogP contribution in [0.15, 0.2) is 46.9 Å². The van der Waals surface area contributed by atoms with Crippen LogP contribution in [0.25, 0.3) is 21.1 Å². The average molecular weight is 541 g/mol. The van der Waals surface area contributed by atoms with Gasteiger partial charge in [0, 0.05) is 47.8 Å². The molecule has 8 nitrogen and oxygen atoms in total. The Labute approximate surface area is 210 Å². The topological polar surface area (TPSA) is 104 Å². The van der Waals surface area contributed by atoms with Crippen molar-refractivity contribution in [2.75, 3.05) is 38.0 Å². The molecule has 3 aromatic rings. The number of carbonyl (C=O) groups is 2. The van der Waals surface area contributed by atoms with Crippen molar-refractivity contribution in [3.8, 4) is 21.1 Å². The van der Waals surface area contributed by atoms with Gasteiger partial charge in [-0.15, -0.1) is 10.2 Å². The largest absolute Gasteiger partial charge is 0.366 e. The fourth-order valence-electron chi connectivity index (χ4n) is 4.26. The second-order valence-corrected chi connectivity index (χ2v) is 10.4. The zero-order valence-corrected chi connectivity index (χ0v) is 20.9. The van der Waals surface area contributed by atoms with Gasteiger partial charge in [0.25, 0.3) is 0 Å². The van der Waals surface area contributed by atoms with Crippen LogP contribution in [0.2, 0.25) is 0 Å². The number of piperazine rings is 1. The van der Waals surface area contributed by atoms with Crippen molar-refractivity contribution in [1.29, 1.82) is 0 Å². The van der Waals surface area contributed by atoms with Crippen LogP contribution in [0.5, 0.6) is 0 Å². The summed E-state index contributed by atoms with van der Waals surface area (Å²) in [5.74, 6) is -0.734. The standard InChI is InChI=1S/C24H25BrN6O2S/c25-18-9-8-17(22(26)33)20(24-29-28-23(34-24)15-4-2-1-3-5-15)21(18)27-19(32)14-30-10-12-31(13-11-30)16-6-7-16/h1-5,8-9,16H,6-7,10-14H2,(H2,26,33)(H,27,32). The molecule has 1 aliphatic carbocycles. The summed E-state index contributed by atoms with van der Waals surface area (Å²) < 4.78 is 0.649. The normalized spacial score (nSPS) is 17.0. The molecule has 0 radical (unpaired) electrons. The smallest absolute Gasteiger partial charge is 0.249 e. The van der Waals surface area contributed by atoms with Gasteiger partial charge < -0.3 is 11.1 Å². The molecule has 5 rings (SSSR count). The molecule has 176 valence electrons. The van der Waals surface area contributed by atoms with Crippen molar-refractivity contribution in [3.63, 3.8) is 0 Å². The molecule has 1 saturated heterocycles. The van der Waals surface area contributed by atoms with E-state index in [9.17, 15) is 9.59 Å². The number of aromatic nitrogens is 2. The van der Waals surface area contributed by atoms with E-state index in [1.807, 2.05) is 30.3 Å². The molecule has 1 aliphatic heterocycles.